The van der Waals surface area contributed by atoms with Crippen molar-refractivity contribution < 1.29 is 19.1 Å². The molecule has 0 saturated carbocycles. The number of benzene rings is 2. The van der Waals surface area contributed by atoms with E-state index in [1.165, 1.54) is 0 Å². The summed E-state index contributed by atoms with van der Waals surface area (Å²) in [6.07, 6.45) is -0.160. The molecule has 0 aromatic heterocycles. The van der Waals surface area contributed by atoms with Crippen molar-refractivity contribution in [2.45, 2.75) is 33.3 Å². The largest absolute Gasteiger partial charge is 0.480 e. The third kappa shape index (κ3) is 5.82. The molecule has 0 aliphatic carbocycles. The van der Waals surface area contributed by atoms with Gasteiger partial charge in [-0.25, -0.2) is 0 Å². The first kappa shape index (κ1) is 21.4. The summed E-state index contributed by atoms with van der Waals surface area (Å²) in [5, 5.41) is 5.59. The van der Waals surface area contributed by atoms with Gasteiger partial charge >= 0.3 is 0 Å². The highest BCUT2D eigenvalue weighted by Crippen LogP contribution is 2.22. The Hall–Kier alpha value is -2.86. The fraction of sp³-hybridized carbons (Fsp3) is 0.364. The van der Waals surface area contributed by atoms with E-state index in [1.807, 2.05) is 39.0 Å². The smallest absolute Gasteiger partial charge is 0.265 e. The van der Waals surface area contributed by atoms with Crippen molar-refractivity contribution in [3.05, 3.63) is 59.2 Å². The van der Waals surface area contributed by atoms with Crippen molar-refractivity contribution in [2.24, 2.45) is 0 Å². The molecular weight excluding hydrogens is 356 g/mol. The lowest BCUT2D eigenvalue weighted by atomic mass is 10.1. The third-order valence-electron chi connectivity index (χ3n) is 4.28. The van der Waals surface area contributed by atoms with Crippen LogP contribution in [0, 0.1) is 13.8 Å². The van der Waals surface area contributed by atoms with E-state index in [-0.39, 0.29) is 11.8 Å². The first-order valence-corrected chi connectivity index (χ1v) is 9.37. The van der Waals surface area contributed by atoms with Crippen molar-refractivity contribution in [3.63, 3.8) is 0 Å². The molecular formula is C22H28N2O4. The topological polar surface area (TPSA) is 76.7 Å². The minimum atomic E-state index is -0.661. The van der Waals surface area contributed by atoms with Gasteiger partial charge in [-0.1, -0.05) is 36.8 Å². The van der Waals surface area contributed by atoms with Crippen LogP contribution in [0.15, 0.2) is 42.5 Å². The number of amides is 2. The van der Waals surface area contributed by atoms with E-state index in [2.05, 4.69) is 10.6 Å². The number of ether oxygens (including phenoxy) is 2. The van der Waals surface area contributed by atoms with Gasteiger partial charge in [-0.2, -0.15) is 0 Å². The van der Waals surface area contributed by atoms with E-state index in [0.717, 1.165) is 11.1 Å². The van der Waals surface area contributed by atoms with E-state index >= 15 is 0 Å². The van der Waals surface area contributed by atoms with Gasteiger partial charge in [0.15, 0.2) is 6.10 Å². The van der Waals surface area contributed by atoms with Crippen LogP contribution >= 0.6 is 0 Å². The van der Waals surface area contributed by atoms with Crippen LogP contribution in [0.1, 0.15) is 34.8 Å². The number of nitrogens with one attached hydrogen (secondary N) is 2. The Morgan fingerprint density at radius 3 is 2.54 bits per heavy atom. The lowest BCUT2D eigenvalue weighted by Gasteiger charge is -2.20. The zero-order chi connectivity index (χ0) is 20.5. The van der Waals surface area contributed by atoms with Crippen LogP contribution in [-0.4, -0.2) is 38.2 Å². The number of carbonyl (C=O) groups excluding carboxylic acids is 2. The summed E-state index contributed by atoms with van der Waals surface area (Å²) >= 11 is 0. The highest BCUT2D eigenvalue weighted by molar-refractivity contribution is 6.04. The average Bonchev–Trinajstić information content (AvgIpc) is 2.68. The minimum Gasteiger partial charge on any atom is -0.480 e. The summed E-state index contributed by atoms with van der Waals surface area (Å²) in [6, 6.07) is 12.7. The Morgan fingerprint density at radius 1 is 1.11 bits per heavy atom. The molecule has 6 nitrogen and oxygen atoms in total. The molecule has 150 valence electrons. The second-order valence-electron chi connectivity index (χ2n) is 6.57. The predicted molar refractivity (Wildman–Crippen MR) is 110 cm³/mol. The van der Waals surface area contributed by atoms with E-state index in [4.69, 9.17) is 9.47 Å². The molecule has 0 saturated heterocycles. The molecule has 1 atom stereocenters. The number of aryl methyl sites for hydroxylation is 2. The highest BCUT2D eigenvalue weighted by Gasteiger charge is 2.21. The second-order valence-corrected chi connectivity index (χ2v) is 6.57. The molecule has 2 N–H and O–H groups in total. The number of hydrogen-bond donors (Lipinski definition) is 2. The van der Waals surface area contributed by atoms with Crippen molar-refractivity contribution >= 4 is 17.5 Å². The van der Waals surface area contributed by atoms with Crippen LogP contribution in [0.2, 0.25) is 0 Å². The number of carbonyl (C=O) groups is 2. The molecule has 6 heteroatoms. The fourth-order valence-electron chi connectivity index (χ4n) is 2.77. The Bertz CT molecular complexity index is 820. The van der Waals surface area contributed by atoms with Crippen LogP contribution in [0.25, 0.3) is 0 Å². The molecule has 0 heterocycles. The van der Waals surface area contributed by atoms with Crippen LogP contribution in [0.5, 0.6) is 5.75 Å². The van der Waals surface area contributed by atoms with Gasteiger partial charge in [0.2, 0.25) is 0 Å². The number of hydrogen-bond acceptors (Lipinski definition) is 4. The van der Waals surface area contributed by atoms with Gasteiger partial charge in [-0.15, -0.1) is 0 Å². The van der Waals surface area contributed by atoms with Gasteiger partial charge in [0.05, 0.1) is 17.9 Å². The fourth-order valence-corrected chi connectivity index (χ4v) is 2.77. The van der Waals surface area contributed by atoms with E-state index in [9.17, 15) is 9.59 Å². The highest BCUT2D eigenvalue weighted by atomic mass is 16.5. The van der Waals surface area contributed by atoms with Crippen LogP contribution in [0.3, 0.4) is 0 Å². The van der Waals surface area contributed by atoms with Gasteiger partial charge < -0.3 is 20.1 Å². The molecule has 28 heavy (non-hydrogen) atoms. The first-order valence-electron chi connectivity index (χ1n) is 9.37. The summed E-state index contributed by atoms with van der Waals surface area (Å²) in [7, 11) is 1.57. The van der Waals surface area contributed by atoms with Crippen LogP contribution < -0.4 is 15.4 Å². The molecule has 2 aromatic rings. The maximum Gasteiger partial charge on any atom is 0.265 e. The van der Waals surface area contributed by atoms with Gasteiger partial charge in [0.25, 0.3) is 11.8 Å². The monoisotopic (exact) mass is 384 g/mol. The number of rotatable bonds is 9. The number of methoxy groups -OCH3 is 1. The summed E-state index contributed by atoms with van der Waals surface area (Å²) in [6.45, 7) is 6.66. The molecule has 0 radical (unpaired) electrons. The molecule has 0 unspecified atom stereocenters. The Morgan fingerprint density at radius 2 is 1.86 bits per heavy atom. The van der Waals surface area contributed by atoms with Gasteiger partial charge in [-0.05, 0) is 44.0 Å². The van der Waals surface area contributed by atoms with Crippen molar-refractivity contribution in [2.75, 3.05) is 25.6 Å². The van der Waals surface area contributed by atoms with Crippen molar-refractivity contribution in [3.8, 4) is 5.75 Å². The minimum absolute atomic E-state index is 0.267. The summed E-state index contributed by atoms with van der Waals surface area (Å²) in [5.41, 5.74) is 2.96. The molecule has 2 amide bonds. The number of anilines is 1. The van der Waals surface area contributed by atoms with Crippen molar-refractivity contribution in [1.82, 2.24) is 5.32 Å². The average molecular weight is 384 g/mol. The molecule has 0 spiro atoms. The zero-order valence-corrected chi connectivity index (χ0v) is 16.9. The van der Waals surface area contributed by atoms with Gasteiger partial charge in [-0.3, -0.25) is 9.59 Å². The predicted octanol–water partition coefficient (Wildman–Crippen LogP) is 3.48. The zero-order valence-electron chi connectivity index (χ0n) is 16.9. The molecule has 0 fully saturated rings. The molecule has 0 aliphatic rings. The normalized spacial score (nSPS) is 11.6. The Kier molecular flexibility index (Phi) is 8.02. The second kappa shape index (κ2) is 10.5. The lowest BCUT2D eigenvalue weighted by Crippen LogP contribution is -2.34. The Balaban J connectivity index is 2.11. The van der Waals surface area contributed by atoms with Crippen molar-refractivity contribution in [1.29, 1.82) is 0 Å². The summed E-state index contributed by atoms with van der Waals surface area (Å²) in [4.78, 5) is 25.2. The lowest BCUT2D eigenvalue weighted by molar-refractivity contribution is -0.122. The maximum atomic E-state index is 12.8. The van der Waals surface area contributed by atoms with E-state index in [1.54, 1.807) is 31.4 Å². The first-order chi connectivity index (χ1) is 13.5. The maximum absolute atomic E-state index is 12.8. The standard InChI is InChI=1S/C22H28N2O4/c1-5-19(28-20-11-10-15(2)14-16(20)3)22(26)24-18-9-7-6-8-17(18)21(25)23-12-13-27-4/h6-11,14,19H,5,12-13H2,1-4H3,(H,23,25)(H,24,26)/t19-/m0/s1. The molecule has 2 aromatic carbocycles. The summed E-state index contributed by atoms with van der Waals surface area (Å²) < 4.78 is 10.9. The molecule has 0 bridgehead atoms. The van der Waals surface area contributed by atoms with Gasteiger partial charge in [0.1, 0.15) is 5.75 Å². The molecule has 2 rings (SSSR count). The SMILES string of the molecule is CC[C@H](Oc1ccc(C)cc1C)C(=O)Nc1ccccc1C(=O)NCCOC. The third-order valence-corrected chi connectivity index (χ3v) is 4.28. The van der Waals surface area contributed by atoms with E-state index < -0.39 is 6.10 Å². The Labute approximate surface area is 166 Å². The van der Waals surface area contributed by atoms with Crippen LogP contribution in [0.4, 0.5) is 5.69 Å². The van der Waals surface area contributed by atoms with Crippen LogP contribution in [-0.2, 0) is 9.53 Å². The van der Waals surface area contributed by atoms with E-state index in [0.29, 0.717) is 36.6 Å². The summed E-state index contributed by atoms with van der Waals surface area (Å²) in [5.74, 6) is 0.120. The number of para-hydroxylation sites is 1. The molecule has 0 aliphatic heterocycles. The quantitative estimate of drug-likeness (QED) is 0.649. The van der Waals surface area contributed by atoms with Gasteiger partial charge in [0, 0.05) is 13.7 Å².